The molecule has 0 fully saturated rings. The Morgan fingerprint density at radius 2 is 1.16 bits per heavy atom. The first-order valence-electron chi connectivity index (χ1n) is 4.73. The second-order valence-corrected chi connectivity index (χ2v) is 3.81. The van der Waals surface area contributed by atoms with Crippen molar-refractivity contribution >= 4 is 22.7 Å². The first kappa shape index (κ1) is 15.1. The number of rotatable bonds is 1. The van der Waals surface area contributed by atoms with Crippen LogP contribution in [-0.2, 0) is 0 Å². The molecule has 0 atom stereocenters. The number of halogens is 6. The fourth-order valence-electron chi connectivity index (χ4n) is 1.56. The molecule has 0 amide bonds. The van der Waals surface area contributed by atoms with E-state index in [0.29, 0.717) is 6.07 Å². The van der Waals surface area contributed by atoms with Crippen LogP contribution < -0.4 is 22.9 Å². The zero-order chi connectivity index (χ0) is 15.2. The molecule has 108 valence electrons. The lowest BCUT2D eigenvalue weighted by molar-refractivity contribution is -0.253. The van der Waals surface area contributed by atoms with Crippen LogP contribution in [-0.4, -0.2) is 12.4 Å². The summed E-state index contributed by atoms with van der Waals surface area (Å²) >= 11 is 0. The minimum Gasteiger partial charge on any atom is -0.397 e. The lowest BCUT2D eigenvalue weighted by Gasteiger charge is -2.25. The van der Waals surface area contributed by atoms with Gasteiger partial charge in [-0.2, -0.15) is 26.3 Å². The maximum absolute atomic E-state index is 12.6. The van der Waals surface area contributed by atoms with E-state index in [-0.39, 0.29) is 5.69 Å². The molecule has 4 nitrogen and oxygen atoms in total. The van der Waals surface area contributed by atoms with Crippen LogP contribution in [0.4, 0.5) is 49.1 Å². The Kier molecular flexibility index (Phi) is 3.39. The zero-order valence-electron chi connectivity index (χ0n) is 9.23. The van der Waals surface area contributed by atoms with Gasteiger partial charge in [0.05, 0.1) is 22.7 Å². The van der Waals surface area contributed by atoms with Crippen LogP contribution in [0.3, 0.4) is 0 Å². The Labute approximate surface area is 103 Å². The average Bonchev–Trinajstić information content (AvgIpc) is 2.19. The van der Waals surface area contributed by atoms with Crippen LogP contribution in [0.1, 0.15) is 11.5 Å². The van der Waals surface area contributed by atoms with Gasteiger partial charge >= 0.3 is 12.4 Å². The number of nitrogen functional groups attached to an aromatic ring is 4. The third kappa shape index (κ3) is 2.71. The summed E-state index contributed by atoms with van der Waals surface area (Å²) in [5.74, 6) is -3.77. The molecule has 0 radical (unpaired) electrons. The van der Waals surface area contributed by atoms with E-state index in [1.54, 1.807) is 0 Å². The van der Waals surface area contributed by atoms with Gasteiger partial charge in [0.2, 0.25) is 0 Å². The van der Waals surface area contributed by atoms with E-state index < -0.39 is 40.9 Å². The van der Waals surface area contributed by atoms with Crippen molar-refractivity contribution in [3.05, 3.63) is 11.6 Å². The van der Waals surface area contributed by atoms with E-state index in [9.17, 15) is 26.3 Å². The Bertz CT molecular complexity index is 479. The highest BCUT2D eigenvalue weighted by atomic mass is 19.4. The van der Waals surface area contributed by atoms with Gasteiger partial charge in [0.1, 0.15) is 0 Å². The molecule has 0 aliphatic carbocycles. The molecule has 0 saturated heterocycles. The van der Waals surface area contributed by atoms with Crippen LogP contribution in [0.5, 0.6) is 0 Å². The SMILES string of the molecule is Nc1cc(C(C(F)(F)F)C(F)(F)F)c(N)c(N)c1N. The van der Waals surface area contributed by atoms with Crippen molar-refractivity contribution in [2.45, 2.75) is 18.3 Å². The predicted octanol–water partition coefficient (Wildman–Crippen LogP) is 2.22. The van der Waals surface area contributed by atoms with Crippen LogP contribution in [0, 0.1) is 0 Å². The summed E-state index contributed by atoms with van der Waals surface area (Å²) in [4.78, 5) is 0. The largest absolute Gasteiger partial charge is 0.404 e. The number of alkyl halides is 6. The minimum atomic E-state index is -5.58. The van der Waals surface area contributed by atoms with Gasteiger partial charge in [-0.05, 0) is 6.07 Å². The van der Waals surface area contributed by atoms with Crippen molar-refractivity contribution in [1.82, 2.24) is 0 Å². The molecule has 0 saturated carbocycles. The fraction of sp³-hybridized carbons (Fsp3) is 0.333. The third-order valence-corrected chi connectivity index (χ3v) is 2.48. The normalized spacial score (nSPS) is 13.0. The number of nitrogens with two attached hydrogens (primary N) is 4. The lowest BCUT2D eigenvalue weighted by atomic mass is 9.94. The molecule has 0 spiro atoms. The molecule has 0 unspecified atom stereocenters. The molecular formula is C9H10F6N4. The van der Waals surface area contributed by atoms with Gasteiger partial charge < -0.3 is 22.9 Å². The molecule has 0 heterocycles. The predicted molar refractivity (Wildman–Crippen MR) is 58.9 cm³/mol. The maximum atomic E-state index is 12.6. The van der Waals surface area contributed by atoms with Gasteiger partial charge in [-0.25, -0.2) is 0 Å². The summed E-state index contributed by atoms with van der Waals surface area (Å²) in [6.07, 6.45) is -11.2. The Balaban J connectivity index is 3.58. The van der Waals surface area contributed by atoms with Gasteiger partial charge in [-0.3, -0.25) is 0 Å². The molecule has 0 aliphatic heterocycles. The molecule has 1 aromatic rings. The van der Waals surface area contributed by atoms with Gasteiger partial charge in [0.25, 0.3) is 0 Å². The van der Waals surface area contributed by atoms with Crippen molar-refractivity contribution in [2.75, 3.05) is 22.9 Å². The summed E-state index contributed by atoms with van der Waals surface area (Å²) in [5, 5.41) is 0. The molecular weight excluding hydrogens is 278 g/mol. The molecule has 19 heavy (non-hydrogen) atoms. The Morgan fingerprint density at radius 3 is 1.53 bits per heavy atom. The molecule has 0 bridgehead atoms. The second kappa shape index (κ2) is 4.28. The van der Waals surface area contributed by atoms with E-state index in [2.05, 4.69) is 0 Å². The summed E-state index contributed by atoms with van der Waals surface area (Å²) < 4.78 is 75.3. The molecule has 8 N–H and O–H groups in total. The topological polar surface area (TPSA) is 104 Å². The number of hydrogen-bond acceptors (Lipinski definition) is 4. The highest BCUT2D eigenvalue weighted by Gasteiger charge is 2.58. The zero-order valence-corrected chi connectivity index (χ0v) is 9.23. The van der Waals surface area contributed by atoms with Crippen LogP contribution in [0.15, 0.2) is 6.07 Å². The van der Waals surface area contributed by atoms with E-state index >= 15 is 0 Å². The molecule has 0 aliphatic rings. The first-order chi connectivity index (χ1) is 8.37. The summed E-state index contributed by atoms with van der Waals surface area (Å²) in [6, 6.07) is 0.437. The maximum Gasteiger partial charge on any atom is 0.404 e. The first-order valence-corrected chi connectivity index (χ1v) is 4.73. The Hall–Kier alpha value is -2.00. The van der Waals surface area contributed by atoms with Gasteiger partial charge in [0, 0.05) is 5.56 Å². The van der Waals surface area contributed by atoms with Crippen molar-refractivity contribution < 1.29 is 26.3 Å². The number of hydrogen-bond donors (Lipinski definition) is 4. The van der Waals surface area contributed by atoms with Gasteiger partial charge in [-0.1, -0.05) is 0 Å². The quantitative estimate of drug-likeness (QED) is 0.470. The van der Waals surface area contributed by atoms with Crippen LogP contribution >= 0.6 is 0 Å². The van der Waals surface area contributed by atoms with Crippen molar-refractivity contribution in [3.8, 4) is 0 Å². The molecule has 1 aromatic carbocycles. The van der Waals surface area contributed by atoms with E-state index in [4.69, 9.17) is 22.9 Å². The third-order valence-electron chi connectivity index (χ3n) is 2.48. The highest BCUT2D eigenvalue weighted by Crippen LogP contribution is 2.50. The monoisotopic (exact) mass is 288 g/mol. The number of benzene rings is 1. The van der Waals surface area contributed by atoms with E-state index in [0.717, 1.165) is 0 Å². The summed E-state index contributed by atoms with van der Waals surface area (Å²) in [7, 11) is 0. The fourth-order valence-corrected chi connectivity index (χ4v) is 1.56. The highest BCUT2D eigenvalue weighted by molar-refractivity contribution is 5.88. The van der Waals surface area contributed by atoms with Crippen LogP contribution in [0.25, 0.3) is 0 Å². The van der Waals surface area contributed by atoms with E-state index in [1.165, 1.54) is 0 Å². The number of anilines is 4. The van der Waals surface area contributed by atoms with Crippen molar-refractivity contribution in [1.29, 1.82) is 0 Å². The second-order valence-electron chi connectivity index (χ2n) is 3.81. The molecule has 10 heteroatoms. The van der Waals surface area contributed by atoms with Crippen LogP contribution in [0.2, 0.25) is 0 Å². The summed E-state index contributed by atoms with van der Waals surface area (Å²) in [5.41, 5.74) is 17.3. The standard InChI is InChI=1S/C9H10F6N4/c10-8(11,12)7(9(13,14)15)2-1-3(16)5(18)6(19)4(2)17/h1,7H,16-19H2. The van der Waals surface area contributed by atoms with Crippen molar-refractivity contribution in [2.24, 2.45) is 0 Å². The summed E-state index contributed by atoms with van der Waals surface area (Å²) in [6.45, 7) is 0. The minimum absolute atomic E-state index is 0.357. The average molecular weight is 288 g/mol. The Morgan fingerprint density at radius 1 is 0.737 bits per heavy atom. The van der Waals surface area contributed by atoms with Crippen molar-refractivity contribution in [3.63, 3.8) is 0 Å². The van der Waals surface area contributed by atoms with Gasteiger partial charge in [0.15, 0.2) is 5.92 Å². The lowest BCUT2D eigenvalue weighted by Crippen LogP contribution is -2.35. The smallest absolute Gasteiger partial charge is 0.397 e. The van der Waals surface area contributed by atoms with E-state index in [1.807, 2.05) is 0 Å². The molecule has 0 aromatic heterocycles. The molecule has 1 rings (SSSR count). The van der Waals surface area contributed by atoms with Gasteiger partial charge in [-0.15, -0.1) is 0 Å².